The van der Waals surface area contributed by atoms with E-state index >= 15 is 0 Å². The number of aliphatic hydroxyl groups is 1. The Balaban J connectivity index is 1.65. The second-order valence-corrected chi connectivity index (χ2v) is 9.25. The monoisotopic (exact) mass is 504 g/mol. The summed E-state index contributed by atoms with van der Waals surface area (Å²) in [5.74, 6) is -2.04. The van der Waals surface area contributed by atoms with Crippen LogP contribution in [-0.4, -0.2) is 33.5 Å². The number of carbonyl (C=O) groups is 2. The van der Waals surface area contributed by atoms with E-state index in [0.717, 1.165) is 17.8 Å². The molecule has 1 unspecified atom stereocenters. The third kappa shape index (κ3) is 4.18. The average Bonchev–Trinajstić information content (AvgIpc) is 3.40. The van der Waals surface area contributed by atoms with Crippen molar-refractivity contribution in [3.05, 3.63) is 89.2 Å². The summed E-state index contributed by atoms with van der Waals surface area (Å²) in [6.07, 6.45) is 0.841. The maximum Gasteiger partial charge on any atom is 0.301 e. The maximum absolute atomic E-state index is 13.8. The van der Waals surface area contributed by atoms with Crippen molar-refractivity contribution in [2.45, 2.75) is 19.4 Å². The number of Topliss-reactive ketones (excluding diaryl/α,β-unsaturated/α-hetero) is 1. The summed E-state index contributed by atoms with van der Waals surface area (Å²) in [7, 11) is 0. The quantitative estimate of drug-likeness (QED) is 0.203. The van der Waals surface area contributed by atoms with Crippen LogP contribution >= 0.6 is 11.3 Å². The van der Waals surface area contributed by atoms with E-state index in [9.17, 15) is 24.2 Å². The SMILES string of the molecule is CCCOc1ccc(/C(O)=C2\C(=O)C(=O)N(c3nc4ccc(F)cc4s3)C2c2cccc(O)c2)cc1. The van der Waals surface area contributed by atoms with Crippen LogP contribution in [0.3, 0.4) is 0 Å². The topological polar surface area (TPSA) is 100.0 Å². The molecule has 1 aliphatic heterocycles. The molecule has 5 rings (SSSR count). The van der Waals surface area contributed by atoms with Gasteiger partial charge in [-0.1, -0.05) is 30.4 Å². The molecule has 2 N–H and O–H groups in total. The molecule has 0 bridgehead atoms. The first-order valence-corrected chi connectivity index (χ1v) is 12.1. The van der Waals surface area contributed by atoms with Gasteiger partial charge in [-0.05, 0) is 66.6 Å². The van der Waals surface area contributed by atoms with Crippen LogP contribution in [0.5, 0.6) is 11.5 Å². The molecule has 3 aromatic carbocycles. The van der Waals surface area contributed by atoms with Crippen LogP contribution in [0.1, 0.15) is 30.5 Å². The Labute approximate surface area is 209 Å². The van der Waals surface area contributed by atoms with Crippen molar-refractivity contribution in [1.29, 1.82) is 0 Å². The van der Waals surface area contributed by atoms with Gasteiger partial charge in [0.1, 0.15) is 23.1 Å². The number of anilines is 1. The summed E-state index contributed by atoms with van der Waals surface area (Å²) in [6, 6.07) is 15.7. The summed E-state index contributed by atoms with van der Waals surface area (Å²) >= 11 is 1.05. The second-order valence-electron chi connectivity index (χ2n) is 8.25. The highest BCUT2D eigenvalue weighted by Gasteiger charge is 2.48. The van der Waals surface area contributed by atoms with Crippen molar-refractivity contribution in [1.82, 2.24) is 4.98 Å². The number of carbonyl (C=O) groups excluding carboxylic acids is 2. The number of aromatic nitrogens is 1. The van der Waals surface area contributed by atoms with E-state index in [0.29, 0.717) is 33.7 Å². The molecule has 1 atom stereocenters. The molecule has 1 amide bonds. The van der Waals surface area contributed by atoms with E-state index < -0.39 is 23.5 Å². The number of phenolic OH excluding ortho intramolecular Hbond substituents is 1. The van der Waals surface area contributed by atoms with Crippen LogP contribution in [0.2, 0.25) is 0 Å². The lowest BCUT2D eigenvalue weighted by Crippen LogP contribution is -2.29. The van der Waals surface area contributed by atoms with Crippen molar-refractivity contribution in [2.24, 2.45) is 0 Å². The van der Waals surface area contributed by atoms with Crippen LogP contribution in [0, 0.1) is 5.82 Å². The molecule has 0 saturated carbocycles. The number of ketones is 1. The highest BCUT2D eigenvalue weighted by Crippen LogP contribution is 2.44. The molecule has 9 heteroatoms. The Morgan fingerprint density at radius 1 is 1.11 bits per heavy atom. The number of nitrogens with zero attached hydrogens (tertiary/aromatic N) is 2. The fourth-order valence-electron chi connectivity index (χ4n) is 4.11. The average molecular weight is 505 g/mol. The standard InChI is InChI=1S/C27H21FN2O5S/c1-2-12-35-19-9-6-15(7-10-19)24(32)22-23(16-4-3-5-18(31)13-16)30(26(34)25(22)33)27-29-20-11-8-17(28)14-21(20)36-27/h3-11,13-14,23,31-32H,2,12H2,1H3/b24-22+. The lowest BCUT2D eigenvalue weighted by atomic mass is 9.95. The summed E-state index contributed by atoms with van der Waals surface area (Å²) in [4.78, 5) is 32.2. The zero-order chi connectivity index (χ0) is 25.4. The lowest BCUT2D eigenvalue weighted by molar-refractivity contribution is -0.132. The van der Waals surface area contributed by atoms with E-state index in [1.165, 1.54) is 35.2 Å². The highest BCUT2D eigenvalue weighted by molar-refractivity contribution is 7.22. The number of benzene rings is 3. The number of thiazole rings is 1. The zero-order valence-electron chi connectivity index (χ0n) is 19.1. The number of hydrogen-bond donors (Lipinski definition) is 2. The summed E-state index contributed by atoms with van der Waals surface area (Å²) in [5, 5.41) is 21.5. The Kier molecular flexibility index (Phi) is 6.15. The van der Waals surface area contributed by atoms with Crippen LogP contribution < -0.4 is 9.64 Å². The predicted octanol–water partition coefficient (Wildman–Crippen LogP) is 5.56. The van der Waals surface area contributed by atoms with Gasteiger partial charge in [-0.3, -0.25) is 14.5 Å². The largest absolute Gasteiger partial charge is 0.508 e. The molecule has 1 aromatic heterocycles. The Morgan fingerprint density at radius 3 is 2.61 bits per heavy atom. The maximum atomic E-state index is 13.8. The Bertz CT molecular complexity index is 1510. The minimum absolute atomic E-state index is 0.0677. The van der Waals surface area contributed by atoms with Crippen molar-refractivity contribution < 1.29 is 28.9 Å². The normalized spacial score (nSPS) is 17.2. The lowest BCUT2D eigenvalue weighted by Gasteiger charge is -2.23. The molecule has 2 heterocycles. The molecule has 182 valence electrons. The van der Waals surface area contributed by atoms with Crippen LogP contribution in [0.25, 0.3) is 16.0 Å². The number of aliphatic hydroxyl groups excluding tert-OH is 1. The smallest absolute Gasteiger partial charge is 0.301 e. The predicted molar refractivity (Wildman–Crippen MR) is 135 cm³/mol. The third-order valence-corrected chi connectivity index (χ3v) is 6.79. The van der Waals surface area contributed by atoms with Gasteiger partial charge in [0.2, 0.25) is 0 Å². The first-order chi connectivity index (χ1) is 17.4. The molecule has 0 radical (unpaired) electrons. The second kappa shape index (κ2) is 9.43. The Morgan fingerprint density at radius 2 is 1.89 bits per heavy atom. The number of aromatic hydroxyl groups is 1. The number of phenols is 1. The first-order valence-electron chi connectivity index (χ1n) is 11.3. The van der Waals surface area contributed by atoms with Gasteiger partial charge in [0.25, 0.3) is 5.78 Å². The molecular formula is C27H21FN2O5S. The number of ether oxygens (including phenoxy) is 1. The van der Waals surface area contributed by atoms with Gasteiger partial charge in [0, 0.05) is 5.56 Å². The van der Waals surface area contributed by atoms with Gasteiger partial charge in [0.15, 0.2) is 5.13 Å². The zero-order valence-corrected chi connectivity index (χ0v) is 20.0. The molecule has 1 saturated heterocycles. The van der Waals surface area contributed by atoms with E-state index in [2.05, 4.69) is 4.98 Å². The summed E-state index contributed by atoms with van der Waals surface area (Å²) < 4.78 is 19.9. The number of fused-ring (bicyclic) bond motifs is 1. The molecular weight excluding hydrogens is 483 g/mol. The number of amides is 1. The van der Waals surface area contributed by atoms with Crippen molar-refractivity contribution >= 4 is 44.1 Å². The van der Waals surface area contributed by atoms with Gasteiger partial charge in [-0.2, -0.15) is 0 Å². The van der Waals surface area contributed by atoms with Crippen molar-refractivity contribution in [3.63, 3.8) is 0 Å². The molecule has 0 spiro atoms. The number of hydrogen-bond acceptors (Lipinski definition) is 7. The third-order valence-electron chi connectivity index (χ3n) is 5.78. The van der Waals surface area contributed by atoms with E-state index in [-0.39, 0.29) is 22.2 Å². The summed E-state index contributed by atoms with van der Waals surface area (Å²) in [6.45, 7) is 2.53. The highest BCUT2D eigenvalue weighted by atomic mass is 32.1. The molecule has 7 nitrogen and oxygen atoms in total. The molecule has 4 aromatic rings. The molecule has 0 aliphatic carbocycles. The molecule has 36 heavy (non-hydrogen) atoms. The van der Waals surface area contributed by atoms with Gasteiger partial charge < -0.3 is 14.9 Å². The van der Waals surface area contributed by atoms with Gasteiger partial charge >= 0.3 is 5.91 Å². The van der Waals surface area contributed by atoms with Gasteiger partial charge in [-0.15, -0.1) is 0 Å². The van der Waals surface area contributed by atoms with Gasteiger partial charge in [-0.25, -0.2) is 9.37 Å². The van der Waals surface area contributed by atoms with E-state index in [1.807, 2.05) is 6.92 Å². The fraction of sp³-hybridized carbons (Fsp3) is 0.148. The van der Waals surface area contributed by atoms with Crippen LogP contribution in [-0.2, 0) is 9.59 Å². The van der Waals surface area contributed by atoms with Crippen molar-refractivity contribution in [3.8, 4) is 11.5 Å². The minimum atomic E-state index is -1.06. The first kappa shape index (κ1) is 23.5. The van der Waals surface area contributed by atoms with E-state index in [1.54, 1.807) is 36.4 Å². The number of rotatable bonds is 6. The molecule has 1 fully saturated rings. The minimum Gasteiger partial charge on any atom is -0.508 e. The summed E-state index contributed by atoms with van der Waals surface area (Å²) in [5.41, 5.74) is 1.06. The van der Waals surface area contributed by atoms with Gasteiger partial charge in [0.05, 0.1) is 28.4 Å². The Hall–Kier alpha value is -4.24. The van der Waals surface area contributed by atoms with Crippen LogP contribution in [0.4, 0.5) is 9.52 Å². The van der Waals surface area contributed by atoms with Crippen LogP contribution in [0.15, 0.2) is 72.3 Å². The van der Waals surface area contributed by atoms with E-state index in [4.69, 9.17) is 4.74 Å². The fourth-order valence-corrected chi connectivity index (χ4v) is 5.13. The van der Waals surface area contributed by atoms with Crippen molar-refractivity contribution in [2.75, 3.05) is 11.5 Å². The molecule has 1 aliphatic rings. The number of halogens is 1.